The minimum Gasteiger partial charge on any atom is -0.387 e. The van der Waals surface area contributed by atoms with Crippen LogP contribution < -0.4 is 5.32 Å². The van der Waals surface area contributed by atoms with E-state index in [1.165, 1.54) is 11.1 Å². The Kier molecular flexibility index (Phi) is 1.29. The fourth-order valence-electron chi connectivity index (χ4n) is 2.38. The van der Waals surface area contributed by atoms with E-state index in [1.54, 1.807) is 0 Å². The summed E-state index contributed by atoms with van der Waals surface area (Å²) in [6.07, 6.45) is 6.91. The number of hydrogen-bond acceptors (Lipinski definition) is 2. The molecule has 0 aromatic heterocycles. The van der Waals surface area contributed by atoms with Gasteiger partial charge in [0.2, 0.25) is 0 Å². The molecule has 0 saturated carbocycles. The van der Waals surface area contributed by atoms with Crippen molar-refractivity contribution >= 4 is 5.78 Å². The zero-order valence-electron chi connectivity index (χ0n) is 7.39. The highest BCUT2D eigenvalue weighted by atomic mass is 16.1. The minimum atomic E-state index is 0.296. The van der Waals surface area contributed by atoms with Crippen molar-refractivity contribution in [1.29, 1.82) is 0 Å². The van der Waals surface area contributed by atoms with Gasteiger partial charge in [0.1, 0.15) is 0 Å². The monoisotopic (exact) mass is 173 g/mol. The molecule has 3 rings (SSSR count). The molecule has 0 atom stereocenters. The third kappa shape index (κ3) is 0.857. The number of carbonyl (C=O) groups is 1. The summed E-state index contributed by atoms with van der Waals surface area (Å²) in [7, 11) is 0. The topological polar surface area (TPSA) is 29.1 Å². The zero-order valence-corrected chi connectivity index (χ0v) is 7.39. The normalized spacial score (nSPS) is 25.1. The Labute approximate surface area is 77.0 Å². The van der Waals surface area contributed by atoms with Gasteiger partial charge in [-0.15, -0.1) is 0 Å². The standard InChI is InChI=1S/C11H11NO/c13-10-6-9-11-7(4-5-12-9)2-1-3-8(10)11/h2-3,12H,1,4-6H2. The number of carbonyl (C=O) groups excluding carboxylic acids is 1. The van der Waals surface area contributed by atoms with E-state index in [2.05, 4.69) is 17.5 Å². The molecular formula is C11H11NO. The lowest BCUT2D eigenvalue weighted by Gasteiger charge is -2.21. The maximum Gasteiger partial charge on any atom is 0.169 e. The van der Waals surface area contributed by atoms with Crippen molar-refractivity contribution in [2.45, 2.75) is 19.3 Å². The largest absolute Gasteiger partial charge is 0.387 e. The number of Topliss-reactive ketones (excluding diaryl/α,β-unsaturated/α-hetero) is 1. The molecule has 0 unspecified atom stereocenters. The highest BCUT2D eigenvalue weighted by Crippen LogP contribution is 2.38. The van der Waals surface area contributed by atoms with E-state index in [-0.39, 0.29) is 0 Å². The minimum absolute atomic E-state index is 0.296. The Hall–Kier alpha value is -1.31. The van der Waals surface area contributed by atoms with Crippen LogP contribution in [0.4, 0.5) is 0 Å². The Morgan fingerprint density at radius 1 is 1.31 bits per heavy atom. The van der Waals surface area contributed by atoms with Crippen LogP contribution in [0.15, 0.2) is 34.6 Å². The highest BCUT2D eigenvalue weighted by molar-refractivity contribution is 6.06. The molecular weight excluding hydrogens is 162 g/mol. The smallest absolute Gasteiger partial charge is 0.169 e. The van der Waals surface area contributed by atoms with Gasteiger partial charge in [-0.3, -0.25) is 4.79 Å². The number of ketones is 1. The first-order valence-corrected chi connectivity index (χ1v) is 4.76. The molecule has 0 saturated heterocycles. The first-order valence-electron chi connectivity index (χ1n) is 4.76. The van der Waals surface area contributed by atoms with Crippen LogP contribution in [-0.2, 0) is 4.79 Å². The molecule has 3 aliphatic rings. The summed E-state index contributed by atoms with van der Waals surface area (Å²) in [6, 6.07) is 0. The third-order valence-corrected chi connectivity index (χ3v) is 2.95. The van der Waals surface area contributed by atoms with Crippen molar-refractivity contribution in [3.8, 4) is 0 Å². The molecule has 0 aromatic carbocycles. The van der Waals surface area contributed by atoms with Crippen LogP contribution in [0, 0.1) is 0 Å². The van der Waals surface area contributed by atoms with Crippen molar-refractivity contribution in [3.63, 3.8) is 0 Å². The summed E-state index contributed by atoms with van der Waals surface area (Å²) in [6.45, 7) is 0.991. The van der Waals surface area contributed by atoms with Gasteiger partial charge < -0.3 is 5.32 Å². The SMILES string of the molecule is O=C1CC2=C3C(=CCC=C13)CCN2. The predicted octanol–water partition coefficient (Wildman–Crippen LogP) is 1.46. The molecule has 2 aliphatic carbocycles. The van der Waals surface area contributed by atoms with E-state index in [9.17, 15) is 4.79 Å². The van der Waals surface area contributed by atoms with Gasteiger partial charge in [-0.25, -0.2) is 0 Å². The summed E-state index contributed by atoms with van der Waals surface area (Å²) in [5, 5.41) is 3.32. The number of nitrogens with one attached hydrogen (secondary N) is 1. The second-order valence-corrected chi connectivity index (χ2v) is 3.71. The molecule has 0 fully saturated rings. The molecule has 1 heterocycles. The summed E-state index contributed by atoms with van der Waals surface area (Å²) in [5.41, 5.74) is 4.74. The number of rotatable bonds is 0. The number of hydrogen-bond donors (Lipinski definition) is 1. The summed E-state index contributed by atoms with van der Waals surface area (Å²) in [4.78, 5) is 11.6. The van der Waals surface area contributed by atoms with Gasteiger partial charge in [-0.2, -0.15) is 0 Å². The van der Waals surface area contributed by atoms with Gasteiger partial charge >= 0.3 is 0 Å². The van der Waals surface area contributed by atoms with E-state index < -0.39 is 0 Å². The van der Waals surface area contributed by atoms with Crippen molar-refractivity contribution in [2.75, 3.05) is 6.54 Å². The first-order chi connectivity index (χ1) is 6.36. The first kappa shape index (κ1) is 7.13. The van der Waals surface area contributed by atoms with Gasteiger partial charge in [-0.1, -0.05) is 12.2 Å². The molecule has 0 aromatic rings. The summed E-state index contributed by atoms with van der Waals surface area (Å²) in [5.74, 6) is 0.296. The summed E-state index contributed by atoms with van der Waals surface area (Å²) < 4.78 is 0. The maximum absolute atomic E-state index is 11.6. The molecule has 2 heteroatoms. The molecule has 2 nitrogen and oxygen atoms in total. The molecule has 0 bridgehead atoms. The van der Waals surface area contributed by atoms with Crippen molar-refractivity contribution in [3.05, 3.63) is 34.6 Å². The van der Waals surface area contributed by atoms with E-state index in [4.69, 9.17) is 0 Å². The van der Waals surface area contributed by atoms with Crippen LogP contribution in [0.1, 0.15) is 19.3 Å². The Morgan fingerprint density at radius 2 is 2.23 bits per heavy atom. The van der Waals surface area contributed by atoms with Crippen molar-refractivity contribution < 1.29 is 4.79 Å². The van der Waals surface area contributed by atoms with Crippen molar-refractivity contribution in [1.82, 2.24) is 5.32 Å². The van der Waals surface area contributed by atoms with Gasteiger partial charge in [0.25, 0.3) is 0 Å². The lowest BCUT2D eigenvalue weighted by Crippen LogP contribution is -2.21. The van der Waals surface area contributed by atoms with Gasteiger partial charge in [-0.05, 0) is 18.4 Å². The number of allylic oxidation sites excluding steroid dienone is 5. The third-order valence-electron chi connectivity index (χ3n) is 2.95. The Bertz CT molecular complexity index is 385. The van der Waals surface area contributed by atoms with Gasteiger partial charge in [0, 0.05) is 23.4 Å². The lowest BCUT2D eigenvalue weighted by molar-refractivity contribution is -0.114. The van der Waals surface area contributed by atoms with E-state index in [1.807, 2.05) is 0 Å². The van der Waals surface area contributed by atoms with Crippen molar-refractivity contribution in [2.24, 2.45) is 0 Å². The molecule has 1 aliphatic heterocycles. The average Bonchev–Trinajstić information content (AvgIpc) is 2.47. The maximum atomic E-state index is 11.6. The Balaban J connectivity index is 2.19. The molecule has 0 amide bonds. The van der Waals surface area contributed by atoms with Crippen LogP contribution >= 0.6 is 0 Å². The molecule has 0 radical (unpaired) electrons. The second-order valence-electron chi connectivity index (χ2n) is 3.71. The predicted molar refractivity (Wildman–Crippen MR) is 50.1 cm³/mol. The summed E-state index contributed by atoms with van der Waals surface area (Å²) >= 11 is 0. The average molecular weight is 173 g/mol. The van der Waals surface area contributed by atoms with E-state index in [0.29, 0.717) is 12.2 Å². The van der Waals surface area contributed by atoms with E-state index >= 15 is 0 Å². The van der Waals surface area contributed by atoms with Crippen LogP contribution in [0.2, 0.25) is 0 Å². The molecule has 0 spiro atoms. The van der Waals surface area contributed by atoms with Crippen LogP contribution in [0.5, 0.6) is 0 Å². The lowest BCUT2D eigenvalue weighted by atomic mass is 9.90. The molecule has 66 valence electrons. The second kappa shape index (κ2) is 2.34. The van der Waals surface area contributed by atoms with E-state index in [0.717, 1.165) is 30.7 Å². The highest BCUT2D eigenvalue weighted by Gasteiger charge is 2.32. The van der Waals surface area contributed by atoms with Gasteiger partial charge in [0.15, 0.2) is 5.78 Å². The molecule has 1 N–H and O–H groups in total. The van der Waals surface area contributed by atoms with Crippen LogP contribution in [-0.4, -0.2) is 12.3 Å². The fraction of sp³-hybridized carbons (Fsp3) is 0.364. The Morgan fingerprint density at radius 3 is 3.15 bits per heavy atom. The van der Waals surface area contributed by atoms with Gasteiger partial charge in [0.05, 0.1) is 6.42 Å². The van der Waals surface area contributed by atoms with Crippen LogP contribution in [0.3, 0.4) is 0 Å². The fourth-order valence-corrected chi connectivity index (χ4v) is 2.38. The zero-order chi connectivity index (χ0) is 8.84. The van der Waals surface area contributed by atoms with Crippen LogP contribution in [0.25, 0.3) is 0 Å². The quantitative estimate of drug-likeness (QED) is 0.601. The molecule has 13 heavy (non-hydrogen) atoms.